The number of carbonyl (C=O) groups excluding carboxylic acids is 2. The van der Waals surface area contributed by atoms with Crippen LogP contribution in [0.3, 0.4) is 0 Å². The Hall–Kier alpha value is -3.68. The molecular weight excluding hydrogens is 367 g/mol. The summed E-state index contributed by atoms with van der Waals surface area (Å²) in [6, 6.07) is 12.3. The van der Waals surface area contributed by atoms with Crippen LogP contribution in [-0.2, 0) is 9.53 Å². The van der Waals surface area contributed by atoms with Crippen molar-refractivity contribution < 1.29 is 28.0 Å². The lowest BCUT2D eigenvalue weighted by Crippen LogP contribution is -2.14. The Kier molecular flexibility index (Phi) is 5.69. The van der Waals surface area contributed by atoms with Crippen LogP contribution in [0.25, 0.3) is 11.3 Å². The minimum absolute atomic E-state index is 0.0173. The van der Waals surface area contributed by atoms with E-state index < -0.39 is 17.7 Å². The van der Waals surface area contributed by atoms with E-state index in [4.69, 9.17) is 9.26 Å². The molecule has 1 amide bonds. The van der Waals surface area contributed by atoms with Gasteiger partial charge in [0.1, 0.15) is 11.6 Å². The number of anilines is 1. The fourth-order valence-electron chi connectivity index (χ4n) is 2.42. The van der Waals surface area contributed by atoms with Gasteiger partial charge in [0.25, 0.3) is 5.91 Å². The van der Waals surface area contributed by atoms with E-state index in [1.54, 1.807) is 37.3 Å². The monoisotopic (exact) mass is 384 g/mol. The maximum absolute atomic E-state index is 13.8. The lowest BCUT2D eigenvalue weighted by molar-refractivity contribution is -0.142. The number of aromatic nitrogens is 1. The first-order valence-corrected chi connectivity index (χ1v) is 8.31. The molecule has 8 heteroatoms. The van der Waals surface area contributed by atoms with E-state index in [0.717, 1.165) is 0 Å². The van der Waals surface area contributed by atoms with Gasteiger partial charge in [0.2, 0.25) is 0 Å². The number of nitrogens with one attached hydrogen (secondary N) is 1. The van der Waals surface area contributed by atoms with E-state index in [-0.39, 0.29) is 23.6 Å². The predicted octanol–water partition coefficient (Wildman–Crippen LogP) is 3.59. The number of rotatable bonds is 6. The van der Waals surface area contributed by atoms with Crippen LogP contribution >= 0.6 is 0 Å². The normalized spacial score (nSPS) is 10.4. The van der Waals surface area contributed by atoms with Gasteiger partial charge in [-0.3, -0.25) is 4.79 Å². The van der Waals surface area contributed by atoms with Crippen LogP contribution in [0.2, 0.25) is 0 Å². The molecule has 1 aromatic heterocycles. The quantitative estimate of drug-likeness (QED) is 0.653. The Bertz CT molecular complexity index is 1020. The second-order valence-corrected chi connectivity index (χ2v) is 5.85. The largest absolute Gasteiger partial charge is 0.482 e. The Balaban J connectivity index is 1.70. The zero-order chi connectivity index (χ0) is 20.1. The minimum atomic E-state index is -0.502. The number of amides is 1. The van der Waals surface area contributed by atoms with Gasteiger partial charge < -0.3 is 19.3 Å². The molecule has 144 valence electrons. The molecule has 2 aromatic carbocycles. The molecule has 28 heavy (non-hydrogen) atoms. The molecule has 7 nitrogen and oxygen atoms in total. The molecule has 0 bridgehead atoms. The standard InChI is InChI=1S/C20H17FN2O5/c1-12-9-13(27-11-19(24)26-2)7-8-16(12)22-20(25)17-10-18(28-23-17)14-5-3-4-6-15(14)21/h3-10H,11H2,1-2H3,(H,22,25). The molecule has 0 atom stereocenters. The van der Waals surface area contributed by atoms with E-state index in [1.807, 2.05) is 0 Å². The Morgan fingerprint density at radius 1 is 1.18 bits per heavy atom. The van der Waals surface area contributed by atoms with Gasteiger partial charge in [0.15, 0.2) is 18.1 Å². The first-order valence-electron chi connectivity index (χ1n) is 8.31. The highest BCUT2D eigenvalue weighted by Gasteiger charge is 2.17. The summed E-state index contributed by atoms with van der Waals surface area (Å²) in [5, 5.41) is 6.41. The summed E-state index contributed by atoms with van der Waals surface area (Å²) in [7, 11) is 1.27. The van der Waals surface area contributed by atoms with Gasteiger partial charge in [0.05, 0.1) is 12.7 Å². The van der Waals surface area contributed by atoms with E-state index in [2.05, 4.69) is 15.2 Å². The SMILES string of the molecule is COC(=O)COc1ccc(NC(=O)c2cc(-c3ccccc3F)on2)c(C)c1. The Labute approximate surface area is 160 Å². The number of benzene rings is 2. The molecule has 1 N–H and O–H groups in total. The summed E-state index contributed by atoms with van der Waals surface area (Å²) < 4.78 is 28.7. The second kappa shape index (κ2) is 8.34. The number of aryl methyl sites for hydroxylation is 1. The molecule has 0 saturated heterocycles. The zero-order valence-corrected chi connectivity index (χ0v) is 15.2. The summed E-state index contributed by atoms with van der Waals surface area (Å²) in [4.78, 5) is 23.5. The van der Waals surface area contributed by atoms with E-state index in [0.29, 0.717) is 17.0 Å². The summed E-state index contributed by atoms with van der Waals surface area (Å²) in [6.07, 6.45) is 0. The smallest absolute Gasteiger partial charge is 0.343 e. The van der Waals surface area contributed by atoms with Crippen molar-refractivity contribution in [1.29, 1.82) is 0 Å². The van der Waals surface area contributed by atoms with Crippen molar-refractivity contribution >= 4 is 17.6 Å². The van der Waals surface area contributed by atoms with Crippen LogP contribution in [0.15, 0.2) is 53.1 Å². The van der Waals surface area contributed by atoms with E-state index in [1.165, 1.54) is 25.3 Å². The number of esters is 1. The first kappa shape index (κ1) is 19.1. The van der Waals surface area contributed by atoms with Crippen LogP contribution < -0.4 is 10.1 Å². The highest BCUT2D eigenvalue weighted by atomic mass is 19.1. The number of ether oxygens (including phenoxy) is 2. The van der Waals surface area contributed by atoms with E-state index in [9.17, 15) is 14.0 Å². The van der Waals surface area contributed by atoms with Crippen LogP contribution in [0.1, 0.15) is 16.1 Å². The molecule has 0 fully saturated rings. The van der Waals surface area contributed by atoms with Gasteiger partial charge in [-0.05, 0) is 42.8 Å². The number of halogens is 1. The minimum Gasteiger partial charge on any atom is -0.482 e. The fraction of sp³-hybridized carbons (Fsp3) is 0.150. The van der Waals surface area contributed by atoms with Crippen molar-refractivity contribution in [2.45, 2.75) is 6.92 Å². The highest BCUT2D eigenvalue weighted by molar-refractivity contribution is 6.03. The van der Waals surface area contributed by atoms with Crippen LogP contribution in [-0.4, -0.2) is 30.7 Å². The van der Waals surface area contributed by atoms with Crippen molar-refractivity contribution in [3.63, 3.8) is 0 Å². The average molecular weight is 384 g/mol. The van der Waals surface area contributed by atoms with Crippen molar-refractivity contribution in [3.05, 3.63) is 65.6 Å². The van der Waals surface area contributed by atoms with Crippen molar-refractivity contribution in [3.8, 4) is 17.1 Å². The number of methoxy groups -OCH3 is 1. The highest BCUT2D eigenvalue weighted by Crippen LogP contribution is 2.25. The molecule has 0 aliphatic carbocycles. The molecule has 1 heterocycles. The number of carbonyl (C=O) groups is 2. The third-order valence-electron chi connectivity index (χ3n) is 3.91. The summed E-state index contributed by atoms with van der Waals surface area (Å²) in [5.41, 5.74) is 1.49. The maximum Gasteiger partial charge on any atom is 0.343 e. The molecule has 3 aromatic rings. The third-order valence-corrected chi connectivity index (χ3v) is 3.91. The molecule has 0 unspecified atom stereocenters. The fourth-order valence-corrected chi connectivity index (χ4v) is 2.42. The summed E-state index contributed by atoms with van der Waals surface area (Å²) in [5.74, 6) is -0.843. The van der Waals surface area contributed by atoms with Gasteiger partial charge in [-0.25, -0.2) is 9.18 Å². The van der Waals surface area contributed by atoms with Gasteiger partial charge in [-0.2, -0.15) is 0 Å². The van der Waals surface area contributed by atoms with E-state index >= 15 is 0 Å². The summed E-state index contributed by atoms with van der Waals surface area (Å²) in [6.45, 7) is 1.56. The maximum atomic E-state index is 13.8. The van der Waals surface area contributed by atoms with Gasteiger partial charge in [-0.1, -0.05) is 17.3 Å². The Morgan fingerprint density at radius 2 is 1.96 bits per heavy atom. The molecule has 0 radical (unpaired) electrons. The van der Waals surface area contributed by atoms with Crippen molar-refractivity contribution in [2.75, 3.05) is 19.0 Å². The zero-order valence-electron chi connectivity index (χ0n) is 15.2. The lowest BCUT2D eigenvalue weighted by atomic mass is 10.1. The average Bonchev–Trinajstić information content (AvgIpc) is 3.18. The van der Waals surface area contributed by atoms with Crippen molar-refractivity contribution in [1.82, 2.24) is 5.16 Å². The number of nitrogens with zero attached hydrogens (tertiary/aromatic N) is 1. The van der Waals surface area contributed by atoms with Gasteiger partial charge >= 0.3 is 5.97 Å². The predicted molar refractivity (Wildman–Crippen MR) is 98.5 cm³/mol. The van der Waals surface area contributed by atoms with Crippen molar-refractivity contribution in [2.24, 2.45) is 0 Å². The van der Waals surface area contributed by atoms with Gasteiger partial charge in [-0.15, -0.1) is 0 Å². The van der Waals surface area contributed by atoms with Gasteiger partial charge in [0, 0.05) is 11.8 Å². The number of hydrogen-bond donors (Lipinski definition) is 1. The second-order valence-electron chi connectivity index (χ2n) is 5.85. The Morgan fingerprint density at radius 3 is 2.68 bits per heavy atom. The molecule has 3 rings (SSSR count). The third kappa shape index (κ3) is 4.35. The topological polar surface area (TPSA) is 90.7 Å². The number of hydrogen-bond acceptors (Lipinski definition) is 6. The summed E-state index contributed by atoms with van der Waals surface area (Å²) >= 11 is 0. The van der Waals surface area contributed by atoms with Crippen LogP contribution in [0.5, 0.6) is 5.75 Å². The molecule has 0 aliphatic heterocycles. The van der Waals surface area contributed by atoms with Crippen LogP contribution in [0.4, 0.5) is 10.1 Å². The lowest BCUT2D eigenvalue weighted by Gasteiger charge is -2.10. The molecule has 0 spiro atoms. The first-order chi connectivity index (χ1) is 13.5. The molecule has 0 saturated carbocycles. The molecular formula is C20H17FN2O5. The van der Waals surface area contributed by atoms with Crippen LogP contribution in [0, 0.1) is 12.7 Å². The molecule has 0 aliphatic rings.